The van der Waals surface area contributed by atoms with Crippen LogP contribution in [0.4, 0.5) is 11.6 Å². The monoisotopic (exact) mass is 399 g/mol. The Kier molecular flexibility index (Phi) is 4.35. The first-order valence-electron chi connectivity index (χ1n) is 9.77. The molecular formula is C23H21N5O2. The van der Waals surface area contributed by atoms with Gasteiger partial charge in [-0.15, -0.1) is 0 Å². The van der Waals surface area contributed by atoms with Crippen molar-refractivity contribution in [3.63, 3.8) is 0 Å². The van der Waals surface area contributed by atoms with E-state index in [-0.39, 0.29) is 0 Å². The maximum atomic E-state index is 11.6. The molecule has 0 fully saturated rings. The number of anilines is 2. The van der Waals surface area contributed by atoms with Crippen molar-refractivity contribution in [3.05, 3.63) is 71.7 Å². The van der Waals surface area contributed by atoms with Gasteiger partial charge in [-0.2, -0.15) is 0 Å². The number of aromatic nitrogens is 3. The Hall–Kier alpha value is -3.87. The molecule has 0 bridgehead atoms. The summed E-state index contributed by atoms with van der Waals surface area (Å²) in [6, 6.07) is 14.4. The fourth-order valence-electron chi connectivity index (χ4n) is 3.99. The summed E-state index contributed by atoms with van der Waals surface area (Å²) >= 11 is 0. The van der Waals surface area contributed by atoms with Crippen molar-refractivity contribution in [1.29, 1.82) is 0 Å². The van der Waals surface area contributed by atoms with E-state index in [1.165, 1.54) is 36.1 Å². The summed E-state index contributed by atoms with van der Waals surface area (Å²) in [4.78, 5) is 26.1. The molecule has 1 aliphatic rings. The number of rotatable bonds is 3. The second-order valence-electron chi connectivity index (χ2n) is 7.40. The van der Waals surface area contributed by atoms with Gasteiger partial charge in [0.05, 0.1) is 12.7 Å². The predicted octanol–water partition coefficient (Wildman–Crippen LogP) is 3.56. The van der Waals surface area contributed by atoms with E-state index < -0.39 is 5.97 Å². The minimum Gasteiger partial charge on any atom is -0.465 e. The van der Waals surface area contributed by atoms with Crippen LogP contribution in [0.25, 0.3) is 22.0 Å². The molecule has 7 heteroatoms. The molecule has 2 aromatic carbocycles. The number of aromatic amines is 1. The summed E-state index contributed by atoms with van der Waals surface area (Å²) < 4.78 is 4.72. The molecule has 3 N–H and O–H groups in total. The first-order chi connectivity index (χ1) is 14.6. The van der Waals surface area contributed by atoms with Crippen molar-refractivity contribution in [2.45, 2.75) is 13.0 Å². The Balaban J connectivity index is 1.48. The summed E-state index contributed by atoms with van der Waals surface area (Å²) in [6.07, 6.45) is 3.90. The molecule has 30 heavy (non-hydrogen) atoms. The molecule has 0 amide bonds. The van der Waals surface area contributed by atoms with Gasteiger partial charge < -0.3 is 20.4 Å². The number of H-pyrrole nitrogens is 1. The Labute approximate surface area is 173 Å². The number of nitrogens with two attached hydrogens (primary N) is 1. The van der Waals surface area contributed by atoms with Crippen LogP contribution in [0, 0.1) is 0 Å². The highest BCUT2D eigenvalue weighted by Crippen LogP contribution is 2.32. The number of carbonyl (C=O) groups excluding carboxylic acids is 1. The smallest absolute Gasteiger partial charge is 0.341 e. The molecule has 0 aliphatic carbocycles. The quantitative estimate of drug-likeness (QED) is 0.404. The van der Waals surface area contributed by atoms with Crippen LogP contribution >= 0.6 is 0 Å². The number of hydrogen-bond acceptors (Lipinski definition) is 6. The van der Waals surface area contributed by atoms with Gasteiger partial charge in [-0.3, -0.25) is 0 Å². The molecule has 0 spiro atoms. The van der Waals surface area contributed by atoms with Crippen molar-refractivity contribution >= 4 is 28.5 Å². The van der Waals surface area contributed by atoms with Gasteiger partial charge in [-0.1, -0.05) is 18.2 Å². The fourth-order valence-corrected chi connectivity index (χ4v) is 3.99. The maximum Gasteiger partial charge on any atom is 0.341 e. The number of fused-ring (bicyclic) bond motifs is 3. The lowest BCUT2D eigenvalue weighted by molar-refractivity contribution is 0.0600. The van der Waals surface area contributed by atoms with Crippen LogP contribution in [0.15, 0.2) is 54.9 Å². The summed E-state index contributed by atoms with van der Waals surface area (Å²) in [5.74, 6) is 0.169. The van der Waals surface area contributed by atoms with Crippen LogP contribution in [0.2, 0.25) is 0 Å². The third-order valence-electron chi connectivity index (χ3n) is 5.54. The van der Waals surface area contributed by atoms with Crippen molar-refractivity contribution in [1.82, 2.24) is 15.0 Å². The minimum absolute atomic E-state index is 0.345. The fraction of sp³-hybridized carbons (Fsp3) is 0.174. The van der Waals surface area contributed by atoms with E-state index in [9.17, 15) is 4.79 Å². The van der Waals surface area contributed by atoms with E-state index in [0.29, 0.717) is 18.1 Å². The van der Waals surface area contributed by atoms with Gasteiger partial charge in [-0.25, -0.2) is 14.8 Å². The lowest BCUT2D eigenvalue weighted by Gasteiger charge is -2.27. The van der Waals surface area contributed by atoms with Crippen LogP contribution in [-0.2, 0) is 17.7 Å². The highest BCUT2D eigenvalue weighted by atomic mass is 16.5. The molecular weight excluding hydrogens is 378 g/mol. The highest BCUT2D eigenvalue weighted by Gasteiger charge is 2.23. The molecule has 1 aliphatic heterocycles. The molecule has 0 saturated heterocycles. The van der Waals surface area contributed by atoms with E-state index in [2.05, 4.69) is 44.1 Å². The predicted molar refractivity (Wildman–Crippen MR) is 116 cm³/mol. The van der Waals surface area contributed by atoms with Crippen molar-refractivity contribution in [2.75, 3.05) is 24.3 Å². The SMILES string of the molecule is COC(=O)c1cnc(N2CCc3[nH]c4ccc(-c5cccc(N)c5)cc4c3C2)nc1. The Bertz CT molecular complexity index is 1250. The van der Waals surface area contributed by atoms with Gasteiger partial charge in [0.25, 0.3) is 0 Å². The molecule has 5 rings (SSSR count). The molecule has 150 valence electrons. The molecule has 0 atom stereocenters. The first kappa shape index (κ1) is 18.2. The number of hydrogen-bond donors (Lipinski definition) is 2. The Morgan fingerprint density at radius 1 is 1.13 bits per heavy atom. The van der Waals surface area contributed by atoms with Crippen molar-refractivity contribution in [2.24, 2.45) is 0 Å². The van der Waals surface area contributed by atoms with Crippen LogP contribution in [0.3, 0.4) is 0 Å². The molecule has 7 nitrogen and oxygen atoms in total. The van der Waals surface area contributed by atoms with E-state index in [4.69, 9.17) is 10.5 Å². The summed E-state index contributed by atoms with van der Waals surface area (Å²) in [6.45, 7) is 1.51. The first-order valence-corrected chi connectivity index (χ1v) is 9.77. The standard InChI is InChI=1S/C23H21N5O2/c1-30-22(29)16-11-25-23(26-12-16)28-8-7-21-19(13-28)18-10-15(5-6-20(18)27-21)14-3-2-4-17(24)9-14/h2-6,9-12,27H,7-8,13,24H2,1H3. The summed E-state index contributed by atoms with van der Waals surface area (Å²) in [5.41, 5.74) is 12.9. The number of ether oxygens (including phenoxy) is 1. The van der Waals surface area contributed by atoms with Crippen LogP contribution in [0.5, 0.6) is 0 Å². The van der Waals surface area contributed by atoms with E-state index in [1.807, 2.05) is 18.2 Å². The van der Waals surface area contributed by atoms with E-state index >= 15 is 0 Å². The molecule has 0 radical (unpaired) electrons. The van der Waals surface area contributed by atoms with E-state index in [0.717, 1.165) is 35.3 Å². The lowest BCUT2D eigenvalue weighted by Crippen LogP contribution is -2.31. The molecule has 0 unspecified atom stereocenters. The largest absolute Gasteiger partial charge is 0.465 e. The van der Waals surface area contributed by atoms with Crippen molar-refractivity contribution in [3.8, 4) is 11.1 Å². The highest BCUT2D eigenvalue weighted by molar-refractivity contribution is 5.90. The number of methoxy groups -OCH3 is 1. The summed E-state index contributed by atoms with van der Waals surface area (Å²) in [7, 11) is 1.34. The Morgan fingerprint density at radius 2 is 1.93 bits per heavy atom. The van der Waals surface area contributed by atoms with Gasteiger partial charge in [0.1, 0.15) is 0 Å². The lowest BCUT2D eigenvalue weighted by atomic mass is 10.00. The second kappa shape index (κ2) is 7.18. The van der Waals surface area contributed by atoms with Gasteiger partial charge in [0.2, 0.25) is 5.95 Å². The normalized spacial score (nSPS) is 13.3. The molecule has 4 aromatic rings. The molecule has 3 heterocycles. The molecule has 0 saturated carbocycles. The van der Waals surface area contributed by atoms with Crippen LogP contribution in [0.1, 0.15) is 21.6 Å². The van der Waals surface area contributed by atoms with Gasteiger partial charge in [0.15, 0.2) is 0 Å². The zero-order valence-corrected chi connectivity index (χ0v) is 16.6. The van der Waals surface area contributed by atoms with Crippen LogP contribution < -0.4 is 10.6 Å². The number of nitrogen functional groups attached to an aromatic ring is 1. The van der Waals surface area contributed by atoms with Crippen LogP contribution in [-0.4, -0.2) is 34.6 Å². The maximum absolute atomic E-state index is 11.6. The average Bonchev–Trinajstić information content (AvgIpc) is 3.16. The average molecular weight is 399 g/mol. The topological polar surface area (TPSA) is 97.1 Å². The Morgan fingerprint density at radius 3 is 2.70 bits per heavy atom. The number of carbonyl (C=O) groups is 1. The van der Waals surface area contributed by atoms with E-state index in [1.54, 1.807) is 0 Å². The van der Waals surface area contributed by atoms with Gasteiger partial charge in [-0.05, 0) is 35.4 Å². The third-order valence-corrected chi connectivity index (χ3v) is 5.54. The molecule has 2 aromatic heterocycles. The number of esters is 1. The van der Waals surface area contributed by atoms with Gasteiger partial charge in [0, 0.05) is 59.8 Å². The number of benzene rings is 2. The zero-order valence-electron chi connectivity index (χ0n) is 16.6. The van der Waals surface area contributed by atoms with Gasteiger partial charge >= 0.3 is 5.97 Å². The summed E-state index contributed by atoms with van der Waals surface area (Å²) in [5, 5.41) is 1.20. The number of nitrogens with zero attached hydrogens (tertiary/aromatic N) is 3. The third kappa shape index (κ3) is 3.14. The second-order valence-corrected chi connectivity index (χ2v) is 7.40. The van der Waals surface area contributed by atoms with Crippen molar-refractivity contribution < 1.29 is 9.53 Å². The minimum atomic E-state index is -0.437. The number of nitrogens with one attached hydrogen (secondary N) is 1. The zero-order chi connectivity index (χ0) is 20.7.